The molecule has 2 saturated heterocycles. The number of hydrogen-bond acceptors (Lipinski definition) is 5. The standard InChI is InChI=1S/C19H23N5O3/c1-11(2)16-22-18(27-23-16)12-5-7-13(8-6-12)21-19(26)24-9-3-4-14-15(24)10-20-17(14)25/h5-8,11,14-15H,3-4,9-10H2,1-2H3,(H,20,25)(H,21,26)/t14-,15+/m0/s1. The van der Waals surface area contributed by atoms with Crippen LogP contribution in [0.1, 0.15) is 38.4 Å². The third kappa shape index (κ3) is 3.39. The molecule has 0 unspecified atom stereocenters. The SMILES string of the molecule is CC(C)c1noc(-c2ccc(NC(=O)N3CCC[C@@H]4C(=O)NC[C@H]43)cc2)n1. The average molecular weight is 369 g/mol. The lowest BCUT2D eigenvalue weighted by atomic mass is 9.92. The molecule has 0 radical (unpaired) electrons. The van der Waals surface area contributed by atoms with Gasteiger partial charge in [-0.1, -0.05) is 19.0 Å². The first-order valence-corrected chi connectivity index (χ1v) is 9.32. The zero-order chi connectivity index (χ0) is 19.0. The Morgan fingerprint density at radius 1 is 1.33 bits per heavy atom. The maximum absolute atomic E-state index is 12.7. The van der Waals surface area contributed by atoms with Crippen LogP contribution in [0.4, 0.5) is 10.5 Å². The van der Waals surface area contributed by atoms with Crippen molar-refractivity contribution in [3.05, 3.63) is 30.1 Å². The van der Waals surface area contributed by atoms with Gasteiger partial charge in [-0.15, -0.1) is 0 Å². The van der Waals surface area contributed by atoms with Crippen LogP contribution < -0.4 is 10.6 Å². The van der Waals surface area contributed by atoms with Crippen molar-refractivity contribution in [3.63, 3.8) is 0 Å². The maximum atomic E-state index is 12.7. The Balaban J connectivity index is 1.43. The van der Waals surface area contributed by atoms with Gasteiger partial charge in [-0.3, -0.25) is 4.79 Å². The summed E-state index contributed by atoms with van der Waals surface area (Å²) in [5.74, 6) is 1.31. The molecule has 3 amide bonds. The summed E-state index contributed by atoms with van der Waals surface area (Å²) in [4.78, 5) is 30.7. The van der Waals surface area contributed by atoms with Crippen LogP contribution in [-0.2, 0) is 4.79 Å². The number of hydrogen-bond donors (Lipinski definition) is 2. The van der Waals surface area contributed by atoms with Gasteiger partial charge in [0, 0.05) is 30.3 Å². The average Bonchev–Trinajstić information content (AvgIpc) is 3.30. The molecule has 27 heavy (non-hydrogen) atoms. The van der Waals surface area contributed by atoms with Gasteiger partial charge in [0.05, 0.1) is 12.0 Å². The third-order valence-corrected chi connectivity index (χ3v) is 5.20. The van der Waals surface area contributed by atoms with Crippen molar-refractivity contribution in [2.75, 3.05) is 18.4 Å². The zero-order valence-electron chi connectivity index (χ0n) is 15.4. The Morgan fingerprint density at radius 3 is 2.81 bits per heavy atom. The number of aromatic nitrogens is 2. The van der Waals surface area contributed by atoms with Gasteiger partial charge >= 0.3 is 6.03 Å². The van der Waals surface area contributed by atoms with Crippen molar-refractivity contribution >= 4 is 17.6 Å². The highest BCUT2D eigenvalue weighted by atomic mass is 16.5. The van der Waals surface area contributed by atoms with E-state index in [0.717, 1.165) is 18.4 Å². The second-order valence-corrected chi connectivity index (χ2v) is 7.37. The van der Waals surface area contributed by atoms with Crippen LogP contribution in [0.3, 0.4) is 0 Å². The molecule has 1 aromatic carbocycles. The molecule has 142 valence electrons. The van der Waals surface area contributed by atoms with E-state index in [9.17, 15) is 9.59 Å². The van der Waals surface area contributed by atoms with Gasteiger partial charge in [0.1, 0.15) is 0 Å². The largest absolute Gasteiger partial charge is 0.354 e. The van der Waals surface area contributed by atoms with E-state index in [1.807, 2.05) is 38.1 Å². The summed E-state index contributed by atoms with van der Waals surface area (Å²) in [6.07, 6.45) is 1.69. The van der Waals surface area contributed by atoms with E-state index in [4.69, 9.17) is 4.52 Å². The quantitative estimate of drug-likeness (QED) is 0.866. The van der Waals surface area contributed by atoms with Gasteiger partial charge in [0.15, 0.2) is 5.82 Å². The zero-order valence-corrected chi connectivity index (χ0v) is 15.4. The molecule has 2 fully saturated rings. The monoisotopic (exact) mass is 369 g/mol. The predicted molar refractivity (Wildman–Crippen MR) is 99.1 cm³/mol. The number of nitrogens with zero attached hydrogens (tertiary/aromatic N) is 3. The summed E-state index contributed by atoms with van der Waals surface area (Å²) in [5, 5.41) is 9.75. The predicted octanol–water partition coefficient (Wildman–Crippen LogP) is 2.60. The smallest absolute Gasteiger partial charge is 0.322 e. The van der Waals surface area contributed by atoms with E-state index < -0.39 is 0 Å². The molecular formula is C19H23N5O3. The number of nitrogens with one attached hydrogen (secondary N) is 2. The molecule has 3 heterocycles. The van der Waals surface area contributed by atoms with Gasteiger partial charge in [0.2, 0.25) is 5.91 Å². The van der Waals surface area contributed by atoms with Gasteiger partial charge in [0.25, 0.3) is 5.89 Å². The second kappa shape index (κ2) is 7.02. The molecule has 2 aromatic rings. The fraction of sp³-hybridized carbons (Fsp3) is 0.474. The Kier molecular flexibility index (Phi) is 4.55. The number of likely N-dealkylation sites (tertiary alicyclic amines) is 1. The lowest BCUT2D eigenvalue weighted by Crippen LogP contribution is -2.50. The number of amides is 3. The third-order valence-electron chi connectivity index (χ3n) is 5.20. The Labute approximate surface area is 157 Å². The number of anilines is 1. The molecule has 0 spiro atoms. The number of carbonyl (C=O) groups is 2. The van der Waals surface area contributed by atoms with Crippen LogP contribution in [0.15, 0.2) is 28.8 Å². The maximum Gasteiger partial charge on any atom is 0.322 e. The first-order valence-electron chi connectivity index (χ1n) is 9.32. The minimum atomic E-state index is -0.172. The fourth-order valence-corrected chi connectivity index (χ4v) is 3.68. The first kappa shape index (κ1) is 17.5. The molecule has 2 aliphatic rings. The lowest BCUT2D eigenvalue weighted by Gasteiger charge is -2.35. The van der Waals surface area contributed by atoms with Crippen LogP contribution in [0, 0.1) is 5.92 Å². The summed E-state index contributed by atoms with van der Waals surface area (Å²) in [5.41, 5.74) is 1.49. The van der Waals surface area contributed by atoms with E-state index in [0.29, 0.717) is 30.5 Å². The van der Waals surface area contributed by atoms with Crippen molar-refractivity contribution in [3.8, 4) is 11.5 Å². The van der Waals surface area contributed by atoms with E-state index >= 15 is 0 Å². The van der Waals surface area contributed by atoms with Crippen molar-refractivity contribution in [1.29, 1.82) is 0 Å². The highest BCUT2D eigenvalue weighted by molar-refractivity contribution is 5.91. The summed E-state index contributed by atoms with van der Waals surface area (Å²) < 4.78 is 5.29. The normalized spacial score (nSPS) is 21.9. The molecule has 0 aliphatic carbocycles. The summed E-state index contributed by atoms with van der Waals surface area (Å²) in [6.45, 7) is 5.21. The minimum absolute atomic E-state index is 0.0571. The van der Waals surface area contributed by atoms with Crippen LogP contribution in [-0.4, -0.2) is 46.1 Å². The van der Waals surface area contributed by atoms with Crippen LogP contribution in [0.25, 0.3) is 11.5 Å². The minimum Gasteiger partial charge on any atom is -0.354 e. The van der Waals surface area contributed by atoms with Crippen molar-refractivity contribution < 1.29 is 14.1 Å². The van der Waals surface area contributed by atoms with Crippen LogP contribution >= 0.6 is 0 Å². The van der Waals surface area contributed by atoms with Crippen molar-refractivity contribution in [2.45, 2.75) is 38.6 Å². The number of rotatable bonds is 3. The van der Waals surface area contributed by atoms with Crippen molar-refractivity contribution in [1.82, 2.24) is 20.4 Å². The van der Waals surface area contributed by atoms with E-state index in [1.54, 1.807) is 4.90 Å². The van der Waals surface area contributed by atoms with E-state index in [1.165, 1.54) is 0 Å². The summed E-state index contributed by atoms with van der Waals surface area (Å²) in [7, 11) is 0. The van der Waals surface area contributed by atoms with E-state index in [-0.39, 0.29) is 29.8 Å². The van der Waals surface area contributed by atoms with Crippen molar-refractivity contribution in [2.24, 2.45) is 5.92 Å². The first-order chi connectivity index (χ1) is 13.0. The number of benzene rings is 1. The number of urea groups is 1. The molecule has 8 heteroatoms. The summed E-state index contributed by atoms with van der Waals surface area (Å²) in [6, 6.07) is 7.07. The number of piperidine rings is 1. The number of carbonyl (C=O) groups excluding carboxylic acids is 2. The van der Waals surface area contributed by atoms with Gasteiger partial charge in [-0.05, 0) is 37.1 Å². The Morgan fingerprint density at radius 2 is 2.11 bits per heavy atom. The lowest BCUT2D eigenvalue weighted by molar-refractivity contribution is -0.123. The van der Waals surface area contributed by atoms with Crippen LogP contribution in [0.5, 0.6) is 0 Å². The molecule has 2 aliphatic heterocycles. The highest BCUT2D eigenvalue weighted by Crippen LogP contribution is 2.28. The molecule has 0 bridgehead atoms. The molecule has 0 saturated carbocycles. The molecule has 2 atom stereocenters. The number of fused-ring (bicyclic) bond motifs is 1. The second-order valence-electron chi connectivity index (χ2n) is 7.37. The van der Waals surface area contributed by atoms with Gasteiger partial charge < -0.3 is 20.1 Å². The van der Waals surface area contributed by atoms with Gasteiger partial charge in [-0.25, -0.2) is 4.79 Å². The fourth-order valence-electron chi connectivity index (χ4n) is 3.68. The Hall–Kier alpha value is -2.90. The Bertz CT molecular complexity index is 845. The highest BCUT2D eigenvalue weighted by Gasteiger charge is 2.42. The molecule has 4 rings (SSSR count). The topological polar surface area (TPSA) is 100 Å². The van der Waals surface area contributed by atoms with Gasteiger partial charge in [-0.2, -0.15) is 4.98 Å². The molecular weight excluding hydrogens is 346 g/mol. The summed E-state index contributed by atoms with van der Waals surface area (Å²) >= 11 is 0. The molecule has 2 N–H and O–H groups in total. The van der Waals surface area contributed by atoms with Crippen LogP contribution in [0.2, 0.25) is 0 Å². The molecule has 1 aromatic heterocycles. The van der Waals surface area contributed by atoms with E-state index in [2.05, 4.69) is 20.8 Å². The molecule has 8 nitrogen and oxygen atoms in total.